The smallest absolute Gasteiger partial charge is 0.239 e. The highest BCUT2D eigenvalue weighted by Gasteiger charge is 2.34. The zero-order chi connectivity index (χ0) is 14.9. The Hall–Kier alpha value is -0.650. The molecule has 5 atom stereocenters. The van der Waals surface area contributed by atoms with E-state index in [4.69, 9.17) is 9.47 Å². The maximum atomic E-state index is 12.7. The Morgan fingerprint density at radius 1 is 0.900 bits per heavy atom. The number of amides is 1. The lowest BCUT2D eigenvalue weighted by Crippen LogP contribution is -2.57. The van der Waals surface area contributed by atoms with Crippen molar-refractivity contribution in [2.75, 3.05) is 26.2 Å². The van der Waals surface area contributed by atoms with Crippen LogP contribution in [0.5, 0.6) is 0 Å². The summed E-state index contributed by atoms with van der Waals surface area (Å²) in [4.78, 5) is 16.9. The Labute approximate surface area is 122 Å². The van der Waals surface area contributed by atoms with Crippen molar-refractivity contribution in [3.63, 3.8) is 0 Å². The van der Waals surface area contributed by atoms with Crippen molar-refractivity contribution in [2.24, 2.45) is 0 Å². The van der Waals surface area contributed by atoms with Crippen LogP contribution in [-0.4, -0.2) is 72.3 Å². The normalized spacial score (nSPS) is 37.8. The van der Waals surface area contributed by atoms with Crippen LogP contribution in [0.4, 0.5) is 0 Å². The molecule has 0 spiro atoms. The quantitative estimate of drug-likeness (QED) is 0.762. The maximum Gasteiger partial charge on any atom is 0.239 e. The van der Waals surface area contributed by atoms with Crippen LogP contribution in [0, 0.1) is 0 Å². The van der Waals surface area contributed by atoms with Crippen LogP contribution in [0.3, 0.4) is 0 Å². The number of ether oxygens (including phenoxy) is 2. The molecule has 0 N–H and O–H groups in total. The second-order valence-electron chi connectivity index (χ2n) is 6.39. The van der Waals surface area contributed by atoms with Crippen molar-refractivity contribution < 1.29 is 14.3 Å². The molecule has 5 heteroatoms. The number of carbonyl (C=O) groups is 1. The summed E-state index contributed by atoms with van der Waals surface area (Å²) in [6.45, 7) is 13.2. The van der Waals surface area contributed by atoms with Gasteiger partial charge in [-0.2, -0.15) is 0 Å². The van der Waals surface area contributed by atoms with E-state index in [0.717, 1.165) is 13.1 Å². The third-order valence-electron chi connectivity index (χ3n) is 4.08. The third kappa shape index (κ3) is 3.71. The predicted molar refractivity (Wildman–Crippen MR) is 77.6 cm³/mol. The first-order valence-corrected chi connectivity index (χ1v) is 7.70. The van der Waals surface area contributed by atoms with Gasteiger partial charge in [0.1, 0.15) is 0 Å². The van der Waals surface area contributed by atoms with Gasteiger partial charge in [0.05, 0.1) is 30.5 Å². The summed E-state index contributed by atoms with van der Waals surface area (Å²) in [5.41, 5.74) is 0. The molecule has 5 unspecified atom stereocenters. The van der Waals surface area contributed by atoms with Gasteiger partial charge in [-0.05, 0) is 34.6 Å². The molecular formula is C15H28N2O3. The minimum atomic E-state index is -0.0821. The van der Waals surface area contributed by atoms with Gasteiger partial charge in [0.2, 0.25) is 5.91 Å². The molecule has 0 aliphatic carbocycles. The third-order valence-corrected chi connectivity index (χ3v) is 4.08. The van der Waals surface area contributed by atoms with Crippen molar-refractivity contribution >= 4 is 5.91 Å². The topological polar surface area (TPSA) is 42.0 Å². The highest BCUT2D eigenvalue weighted by atomic mass is 16.5. The summed E-state index contributed by atoms with van der Waals surface area (Å²) in [6, 6.07) is -0.0821. The van der Waals surface area contributed by atoms with Gasteiger partial charge in [0.15, 0.2) is 0 Å². The van der Waals surface area contributed by atoms with Gasteiger partial charge < -0.3 is 14.4 Å². The minimum Gasteiger partial charge on any atom is -0.373 e. The van der Waals surface area contributed by atoms with E-state index in [0.29, 0.717) is 13.1 Å². The monoisotopic (exact) mass is 284 g/mol. The van der Waals surface area contributed by atoms with E-state index in [2.05, 4.69) is 18.7 Å². The Balaban J connectivity index is 1.97. The summed E-state index contributed by atoms with van der Waals surface area (Å²) in [5, 5.41) is 0. The number of hydrogen-bond donors (Lipinski definition) is 0. The summed E-state index contributed by atoms with van der Waals surface area (Å²) in [6.07, 6.45) is 0.628. The first kappa shape index (κ1) is 15.7. The van der Waals surface area contributed by atoms with E-state index in [1.54, 1.807) is 0 Å². The molecule has 0 aromatic carbocycles. The molecule has 0 radical (unpaired) electrons. The maximum absolute atomic E-state index is 12.7. The van der Waals surface area contributed by atoms with Crippen LogP contribution in [0.2, 0.25) is 0 Å². The number of nitrogens with zero attached hydrogens (tertiary/aromatic N) is 2. The molecule has 0 bridgehead atoms. The number of rotatable bonds is 2. The zero-order valence-electron chi connectivity index (χ0n) is 13.3. The minimum absolute atomic E-state index is 0.0821. The fraction of sp³-hybridized carbons (Fsp3) is 0.933. The van der Waals surface area contributed by atoms with Crippen LogP contribution in [0.25, 0.3) is 0 Å². The molecule has 2 saturated heterocycles. The van der Waals surface area contributed by atoms with Gasteiger partial charge in [0, 0.05) is 26.2 Å². The molecule has 1 amide bonds. The number of hydrogen-bond acceptors (Lipinski definition) is 4. The number of morpholine rings is 2. The van der Waals surface area contributed by atoms with Crippen molar-refractivity contribution in [2.45, 2.75) is 65.1 Å². The van der Waals surface area contributed by atoms with Gasteiger partial charge in [-0.15, -0.1) is 0 Å². The van der Waals surface area contributed by atoms with E-state index in [1.165, 1.54) is 0 Å². The molecule has 2 rings (SSSR count). The SMILES string of the molecule is CC1CN(C(=O)C(C)N2CC(C)OC(C)C2)CC(C)O1. The van der Waals surface area contributed by atoms with Crippen LogP contribution in [-0.2, 0) is 14.3 Å². The lowest BCUT2D eigenvalue weighted by atomic mass is 10.1. The van der Waals surface area contributed by atoms with Crippen LogP contribution in [0.15, 0.2) is 0 Å². The van der Waals surface area contributed by atoms with Gasteiger partial charge in [-0.1, -0.05) is 0 Å². The van der Waals surface area contributed by atoms with E-state index in [-0.39, 0.29) is 36.4 Å². The van der Waals surface area contributed by atoms with Gasteiger partial charge in [-0.3, -0.25) is 9.69 Å². The largest absolute Gasteiger partial charge is 0.373 e. The van der Waals surface area contributed by atoms with Crippen LogP contribution >= 0.6 is 0 Å². The first-order valence-electron chi connectivity index (χ1n) is 7.70. The fourth-order valence-corrected chi connectivity index (χ4v) is 3.31. The molecule has 2 fully saturated rings. The fourth-order valence-electron chi connectivity index (χ4n) is 3.31. The Morgan fingerprint density at radius 3 is 1.75 bits per heavy atom. The molecule has 0 aromatic heterocycles. The highest BCUT2D eigenvalue weighted by Crippen LogP contribution is 2.17. The Bertz CT molecular complexity index is 330. The Kier molecular flexibility index (Phi) is 5.04. The molecule has 2 heterocycles. The predicted octanol–water partition coefficient (Wildman–Crippen LogP) is 1.12. The van der Waals surface area contributed by atoms with E-state index in [9.17, 15) is 4.79 Å². The average molecular weight is 284 g/mol. The molecular weight excluding hydrogens is 256 g/mol. The lowest BCUT2D eigenvalue weighted by molar-refractivity contribution is -0.152. The Morgan fingerprint density at radius 2 is 1.30 bits per heavy atom. The highest BCUT2D eigenvalue weighted by molar-refractivity contribution is 5.81. The standard InChI is InChI=1S/C15H28N2O3/c1-10-6-16(7-11(2)19-10)14(5)15(18)17-8-12(3)20-13(4)9-17/h10-14H,6-9H2,1-5H3. The van der Waals surface area contributed by atoms with Crippen molar-refractivity contribution in [3.8, 4) is 0 Å². The van der Waals surface area contributed by atoms with Gasteiger partial charge in [0.25, 0.3) is 0 Å². The number of carbonyl (C=O) groups excluding carboxylic acids is 1. The van der Waals surface area contributed by atoms with Crippen LogP contribution in [0.1, 0.15) is 34.6 Å². The second-order valence-corrected chi connectivity index (χ2v) is 6.39. The zero-order valence-corrected chi connectivity index (χ0v) is 13.3. The molecule has 20 heavy (non-hydrogen) atoms. The first-order chi connectivity index (χ1) is 9.36. The van der Waals surface area contributed by atoms with Gasteiger partial charge >= 0.3 is 0 Å². The summed E-state index contributed by atoms with van der Waals surface area (Å²) >= 11 is 0. The summed E-state index contributed by atoms with van der Waals surface area (Å²) in [7, 11) is 0. The van der Waals surface area contributed by atoms with E-state index in [1.807, 2.05) is 25.7 Å². The van der Waals surface area contributed by atoms with Crippen molar-refractivity contribution in [1.82, 2.24) is 9.80 Å². The summed E-state index contributed by atoms with van der Waals surface area (Å²) in [5.74, 6) is 0.216. The van der Waals surface area contributed by atoms with Crippen LogP contribution < -0.4 is 0 Å². The molecule has 2 aliphatic heterocycles. The molecule has 116 valence electrons. The van der Waals surface area contributed by atoms with Crippen molar-refractivity contribution in [3.05, 3.63) is 0 Å². The average Bonchev–Trinajstić information content (AvgIpc) is 2.34. The van der Waals surface area contributed by atoms with Gasteiger partial charge in [-0.25, -0.2) is 0 Å². The molecule has 0 saturated carbocycles. The molecule has 2 aliphatic rings. The van der Waals surface area contributed by atoms with E-state index >= 15 is 0 Å². The second kappa shape index (κ2) is 6.41. The molecule has 0 aromatic rings. The molecule has 5 nitrogen and oxygen atoms in total. The lowest BCUT2D eigenvalue weighted by Gasteiger charge is -2.42. The summed E-state index contributed by atoms with van der Waals surface area (Å²) < 4.78 is 11.4. The van der Waals surface area contributed by atoms with Crippen molar-refractivity contribution in [1.29, 1.82) is 0 Å². The van der Waals surface area contributed by atoms with E-state index < -0.39 is 0 Å².